The van der Waals surface area contributed by atoms with Crippen molar-refractivity contribution in [3.8, 4) is 0 Å². The Balaban J connectivity index is 2.16. The average Bonchev–Trinajstić information content (AvgIpc) is 2.53. The number of aliphatic imine (C=N–C) groups is 1. The number of rotatable bonds is 6. The Hall–Kier alpha value is -2.47. The van der Waals surface area contributed by atoms with E-state index in [1.807, 2.05) is 37.2 Å². The molecule has 0 heterocycles. The third kappa shape index (κ3) is 5.26. The Morgan fingerprint density at radius 1 is 1.36 bits per heavy atom. The molecule has 6 nitrogen and oxygen atoms in total. The monoisotopic (exact) mass is 343 g/mol. The first-order valence-corrected chi connectivity index (χ1v) is 8.35. The van der Waals surface area contributed by atoms with Gasteiger partial charge in [-0.05, 0) is 25.7 Å². The Morgan fingerprint density at radius 3 is 2.72 bits per heavy atom. The van der Waals surface area contributed by atoms with E-state index in [-0.39, 0.29) is 29.8 Å². The van der Waals surface area contributed by atoms with Crippen molar-refractivity contribution in [2.75, 3.05) is 32.5 Å². The van der Waals surface area contributed by atoms with Crippen LogP contribution >= 0.6 is 0 Å². The fraction of sp³-hybridized carbons (Fsp3) is 0.421. The molecular weight excluding hydrogens is 318 g/mol. The van der Waals surface area contributed by atoms with Gasteiger partial charge in [-0.3, -0.25) is 14.6 Å². The summed E-state index contributed by atoms with van der Waals surface area (Å²) < 4.78 is 0. The summed E-state index contributed by atoms with van der Waals surface area (Å²) in [6, 6.07) is 7.38. The van der Waals surface area contributed by atoms with Gasteiger partial charge in [-0.25, -0.2) is 0 Å². The number of allylic oxidation sites excluding steroid dienone is 2. The maximum atomic E-state index is 12.4. The van der Waals surface area contributed by atoms with Crippen LogP contribution in [0.1, 0.15) is 31.2 Å². The number of likely N-dealkylation sites (N-methyl/N-ethyl adjacent to an activating group) is 1. The molecule has 0 aliphatic heterocycles. The van der Waals surface area contributed by atoms with Crippen LogP contribution in [0, 0.1) is 0 Å². The third-order valence-electron chi connectivity index (χ3n) is 4.09. The fourth-order valence-electron chi connectivity index (χ4n) is 2.85. The van der Waals surface area contributed by atoms with Gasteiger partial charge in [0.2, 0.25) is 5.91 Å². The molecule has 0 saturated heterocycles. The number of ketones is 1. The number of Topliss-reactive ketones (excluding diaryl/α,β-unsaturated/α-hetero) is 1. The van der Waals surface area contributed by atoms with Crippen LogP contribution < -0.4 is 5.32 Å². The van der Waals surface area contributed by atoms with E-state index < -0.39 is 0 Å². The lowest BCUT2D eigenvalue weighted by Crippen LogP contribution is -2.21. The minimum Gasteiger partial charge on any atom is -0.511 e. The van der Waals surface area contributed by atoms with E-state index in [2.05, 4.69) is 10.3 Å². The van der Waals surface area contributed by atoms with Crippen LogP contribution in [-0.4, -0.2) is 55.1 Å². The lowest BCUT2D eigenvalue weighted by molar-refractivity contribution is -0.116. The zero-order valence-corrected chi connectivity index (χ0v) is 15.0. The highest BCUT2D eigenvalue weighted by Gasteiger charge is 2.29. The highest BCUT2D eigenvalue weighted by atomic mass is 16.3. The molecule has 1 atom stereocenters. The number of benzene rings is 1. The molecule has 1 unspecified atom stereocenters. The van der Waals surface area contributed by atoms with Crippen LogP contribution in [0.15, 0.2) is 40.6 Å². The minimum atomic E-state index is -0.164. The normalized spacial score (nSPS) is 18.2. The highest BCUT2D eigenvalue weighted by Crippen LogP contribution is 2.36. The zero-order chi connectivity index (χ0) is 18.4. The third-order valence-corrected chi connectivity index (χ3v) is 4.09. The summed E-state index contributed by atoms with van der Waals surface area (Å²) in [6.07, 6.45) is 2.13. The maximum Gasteiger partial charge on any atom is 0.221 e. The van der Waals surface area contributed by atoms with Crippen molar-refractivity contribution in [3.63, 3.8) is 0 Å². The van der Waals surface area contributed by atoms with E-state index in [1.54, 1.807) is 6.07 Å². The molecule has 1 amide bonds. The second kappa shape index (κ2) is 8.58. The van der Waals surface area contributed by atoms with Gasteiger partial charge in [0, 0.05) is 44.1 Å². The number of amides is 1. The second-order valence-corrected chi connectivity index (χ2v) is 6.50. The van der Waals surface area contributed by atoms with Gasteiger partial charge in [-0.15, -0.1) is 0 Å². The number of hydrogen-bond donors (Lipinski definition) is 2. The number of aliphatic hydroxyl groups excluding tert-OH is 1. The number of hydrogen-bond acceptors (Lipinski definition) is 5. The Morgan fingerprint density at radius 2 is 2.08 bits per heavy atom. The number of carbonyl (C=O) groups is 2. The number of carbonyl (C=O) groups excluding carboxylic acids is 2. The molecule has 0 radical (unpaired) electrons. The first-order valence-electron chi connectivity index (χ1n) is 8.35. The molecular formula is C19H25N3O3. The van der Waals surface area contributed by atoms with Gasteiger partial charge in [0.05, 0.1) is 12.1 Å². The average molecular weight is 343 g/mol. The summed E-state index contributed by atoms with van der Waals surface area (Å²) in [6.45, 7) is 2.81. The van der Waals surface area contributed by atoms with Crippen molar-refractivity contribution in [2.45, 2.75) is 25.7 Å². The van der Waals surface area contributed by atoms with Gasteiger partial charge in [0.25, 0.3) is 0 Å². The fourth-order valence-corrected chi connectivity index (χ4v) is 2.85. The maximum absolute atomic E-state index is 12.4. The SMILES string of the molecule is CC(=O)Nc1ccccc1C1CC(=O)C(C=NCCN(C)C)=C(O)C1. The van der Waals surface area contributed by atoms with Crippen LogP contribution in [0.4, 0.5) is 5.69 Å². The van der Waals surface area contributed by atoms with Crippen LogP contribution in [0.25, 0.3) is 0 Å². The van der Waals surface area contributed by atoms with Crippen molar-refractivity contribution < 1.29 is 14.7 Å². The summed E-state index contributed by atoms with van der Waals surface area (Å²) in [5.41, 5.74) is 1.84. The highest BCUT2D eigenvalue weighted by molar-refractivity contribution is 6.14. The van der Waals surface area contributed by atoms with Gasteiger partial charge < -0.3 is 15.3 Å². The summed E-state index contributed by atoms with van der Waals surface area (Å²) in [4.78, 5) is 30.0. The van der Waals surface area contributed by atoms with E-state index in [0.717, 1.165) is 12.1 Å². The molecule has 6 heteroatoms. The molecule has 0 saturated carbocycles. The molecule has 0 spiro atoms. The number of aliphatic hydroxyl groups is 1. The molecule has 0 aromatic heterocycles. The van der Waals surface area contributed by atoms with Crippen molar-refractivity contribution >= 4 is 23.6 Å². The smallest absolute Gasteiger partial charge is 0.221 e. The van der Waals surface area contributed by atoms with Gasteiger partial charge in [-0.2, -0.15) is 0 Å². The first kappa shape index (κ1) is 18.9. The molecule has 0 bridgehead atoms. The number of nitrogens with one attached hydrogen (secondary N) is 1. The van der Waals surface area contributed by atoms with E-state index in [4.69, 9.17) is 0 Å². The standard InChI is InChI=1S/C19H25N3O3/c1-13(23)21-17-7-5-4-6-15(17)14-10-18(24)16(19(25)11-14)12-20-8-9-22(2)3/h4-7,12,14,24H,8-11H2,1-3H3,(H,21,23). The van der Waals surface area contributed by atoms with Gasteiger partial charge in [0.15, 0.2) is 5.78 Å². The van der Waals surface area contributed by atoms with Crippen LogP contribution in [-0.2, 0) is 9.59 Å². The molecule has 1 aromatic rings. The van der Waals surface area contributed by atoms with Gasteiger partial charge >= 0.3 is 0 Å². The summed E-state index contributed by atoms with van der Waals surface area (Å²) >= 11 is 0. The molecule has 1 aromatic carbocycles. The quantitative estimate of drug-likeness (QED) is 0.778. The molecule has 1 aliphatic rings. The van der Waals surface area contributed by atoms with E-state index in [1.165, 1.54) is 13.1 Å². The molecule has 2 rings (SSSR count). The molecule has 2 N–H and O–H groups in total. The van der Waals surface area contributed by atoms with Crippen LogP contribution in [0.3, 0.4) is 0 Å². The lowest BCUT2D eigenvalue weighted by Gasteiger charge is -2.24. The lowest BCUT2D eigenvalue weighted by atomic mass is 9.82. The Kier molecular flexibility index (Phi) is 6.47. The topological polar surface area (TPSA) is 82.0 Å². The predicted molar refractivity (Wildman–Crippen MR) is 99.3 cm³/mol. The summed E-state index contributed by atoms with van der Waals surface area (Å²) in [5, 5.41) is 13.1. The molecule has 0 fully saturated rings. The zero-order valence-electron chi connectivity index (χ0n) is 15.0. The van der Waals surface area contributed by atoms with E-state index in [0.29, 0.717) is 24.2 Å². The van der Waals surface area contributed by atoms with Crippen molar-refractivity contribution in [1.82, 2.24) is 4.90 Å². The largest absolute Gasteiger partial charge is 0.511 e. The minimum absolute atomic E-state index is 0.0625. The predicted octanol–water partition coefficient (Wildman–Crippen LogP) is 2.54. The van der Waals surface area contributed by atoms with Gasteiger partial charge in [0.1, 0.15) is 5.76 Å². The van der Waals surface area contributed by atoms with Crippen molar-refractivity contribution in [3.05, 3.63) is 41.2 Å². The summed E-state index contributed by atoms with van der Waals surface area (Å²) in [5.74, 6) is -0.384. The summed E-state index contributed by atoms with van der Waals surface area (Å²) in [7, 11) is 3.91. The molecule has 1 aliphatic carbocycles. The van der Waals surface area contributed by atoms with E-state index >= 15 is 0 Å². The number of para-hydroxylation sites is 1. The Bertz CT molecular complexity index is 708. The van der Waals surface area contributed by atoms with Crippen LogP contribution in [0.5, 0.6) is 0 Å². The number of anilines is 1. The molecule has 25 heavy (non-hydrogen) atoms. The Labute approximate surface area is 148 Å². The van der Waals surface area contributed by atoms with Crippen LogP contribution in [0.2, 0.25) is 0 Å². The van der Waals surface area contributed by atoms with Gasteiger partial charge in [-0.1, -0.05) is 18.2 Å². The van der Waals surface area contributed by atoms with Crippen molar-refractivity contribution in [1.29, 1.82) is 0 Å². The molecule has 134 valence electrons. The van der Waals surface area contributed by atoms with Crippen molar-refractivity contribution in [2.24, 2.45) is 4.99 Å². The van der Waals surface area contributed by atoms with E-state index in [9.17, 15) is 14.7 Å². The number of nitrogens with zero attached hydrogens (tertiary/aromatic N) is 2. The first-order chi connectivity index (χ1) is 11.9. The second-order valence-electron chi connectivity index (χ2n) is 6.50.